The van der Waals surface area contributed by atoms with Gasteiger partial charge in [-0.15, -0.1) is 0 Å². The first-order valence-corrected chi connectivity index (χ1v) is 18.6. The lowest BCUT2D eigenvalue weighted by Gasteiger charge is -2.38. The predicted octanol–water partition coefficient (Wildman–Crippen LogP) is 6.82. The number of aryl methyl sites for hydroxylation is 2. The number of hydrogen-bond acceptors (Lipinski definition) is 9. The number of benzene rings is 2. The number of nitrogens with one attached hydrogen (secondary N) is 1. The van der Waals surface area contributed by atoms with Gasteiger partial charge < -0.3 is 14.5 Å². The van der Waals surface area contributed by atoms with E-state index in [4.69, 9.17) is 14.7 Å². The van der Waals surface area contributed by atoms with Gasteiger partial charge in [-0.2, -0.15) is 4.98 Å². The van der Waals surface area contributed by atoms with Crippen molar-refractivity contribution in [3.8, 4) is 17.1 Å². The Hall–Kier alpha value is -4.58. The number of carbonyl (C=O) groups excluding carboxylic acids is 1. The molecule has 1 fully saturated rings. The second-order valence-electron chi connectivity index (χ2n) is 15.5. The molecule has 0 aliphatic carbocycles. The van der Waals surface area contributed by atoms with Gasteiger partial charge in [0.25, 0.3) is 15.9 Å². The van der Waals surface area contributed by atoms with Crippen LogP contribution < -0.4 is 14.4 Å². The molecule has 2 aliphatic heterocycles. The number of amides is 1. The Morgan fingerprint density at radius 1 is 0.960 bits per heavy atom. The van der Waals surface area contributed by atoms with Gasteiger partial charge in [-0.05, 0) is 73.3 Å². The molecule has 0 unspecified atom stereocenters. The summed E-state index contributed by atoms with van der Waals surface area (Å²) in [4.78, 5) is 36.9. The number of ether oxygens (including phenoxy) is 1. The van der Waals surface area contributed by atoms with Crippen molar-refractivity contribution in [1.82, 2.24) is 24.8 Å². The SMILES string of the molecule is Cc1cccc(C)c1-c1cc2nc(n1)NS(=O)(=O)c1cccc(c1)C(=O)N(Cc1ncc(N3CCC(C)(C)CC3)cn1)[C@H](CC(C)(C)C)CO2. The third kappa shape index (κ3) is 8.07. The van der Waals surface area contributed by atoms with Crippen LogP contribution in [0.15, 0.2) is 65.8 Å². The zero-order valence-electron chi connectivity index (χ0n) is 30.0. The molecule has 0 saturated carbocycles. The van der Waals surface area contributed by atoms with Gasteiger partial charge in [-0.25, -0.2) is 28.1 Å². The molecular weight excluding hydrogens is 651 g/mol. The van der Waals surface area contributed by atoms with Crippen LogP contribution in [-0.4, -0.2) is 64.9 Å². The molecule has 2 aliphatic rings. The number of hydrogen-bond donors (Lipinski definition) is 1. The van der Waals surface area contributed by atoms with Gasteiger partial charge in [0.05, 0.1) is 41.3 Å². The van der Waals surface area contributed by atoms with Crippen LogP contribution in [0.3, 0.4) is 0 Å². The topological polar surface area (TPSA) is 131 Å². The Labute approximate surface area is 295 Å². The van der Waals surface area contributed by atoms with E-state index in [0.29, 0.717) is 23.4 Å². The number of aromatic nitrogens is 4. The van der Waals surface area contributed by atoms with E-state index in [1.165, 1.54) is 12.1 Å². The Kier molecular flexibility index (Phi) is 9.60. The first-order valence-electron chi connectivity index (χ1n) is 17.2. The van der Waals surface area contributed by atoms with Crippen molar-refractivity contribution in [3.05, 3.63) is 83.4 Å². The lowest BCUT2D eigenvalue weighted by Crippen LogP contribution is -2.45. The van der Waals surface area contributed by atoms with Crippen molar-refractivity contribution in [2.45, 2.75) is 85.2 Å². The molecule has 1 atom stereocenters. The second-order valence-corrected chi connectivity index (χ2v) is 17.2. The number of carbonyl (C=O) groups is 1. The molecule has 1 N–H and O–H groups in total. The standard InChI is InChI=1S/C38H47N7O4S/c1-25-10-8-11-26(2)34(25)31-19-33-42-36(41-31)43-50(47,48)30-13-9-12-27(18-30)35(46)45(28(24-49-33)20-37(3,4)5)23-32-39-21-29(22-40-32)44-16-14-38(6,7)15-17-44/h8-13,18-19,21-22,28H,14-17,20,23-24H2,1-7H3,(H,41,42,43)/t28-/m1/s1. The molecule has 0 radical (unpaired) electrons. The van der Waals surface area contributed by atoms with Crippen LogP contribution in [0.5, 0.6) is 5.88 Å². The summed E-state index contributed by atoms with van der Waals surface area (Å²) in [6.07, 6.45) is 6.43. The molecule has 2 aromatic heterocycles. The van der Waals surface area contributed by atoms with E-state index in [1.807, 2.05) is 44.4 Å². The van der Waals surface area contributed by atoms with E-state index in [1.54, 1.807) is 23.1 Å². The maximum Gasteiger partial charge on any atom is 0.264 e. The predicted molar refractivity (Wildman–Crippen MR) is 195 cm³/mol. The number of fused-ring (bicyclic) bond motifs is 4. The zero-order chi connectivity index (χ0) is 35.8. The number of anilines is 2. The molecule has 50 heavy (non-hydrogen) atoms. The van der Waals surface area contributed by atoms with Crippen molar-refractivity contribution in [1.29, 1.82) is 0 Å². The summed E-state index contributed by atoms with van der Waals surface area (Å²) >= 11 is 0. The van der Waals surface area contributed by atoms with Crippen molar-refractivity contribution in [2.75, 3.05) is 29.3 Å². The van der Waals surface area contributed by atoms with E-state index in [9.17, 15) is 13.2 Å². The molecule has 2 aromatic carbocycles. The van der Waals surface area contributed by atoms with Gasteiger partial charge in [0.2, 0.25) is 11.8 Å². The second kappa shape index (κ2) is 13.6. The molecule has 264 valence electrons. The molecular formula is C38H47N7O4S. The third-order valence-corrected chi connectivity index (χ3v) is 10.8. The number of piperidine rings is 1. The average molecular weight is 698 g/mol. The Morgan fingerprint density at radius 2 is 1.62 bits per heavy atom. The smallest absolute Gasteiger partial charge is 0.264 e. The highest BCUT2D eigenvalue weighted by atomic mass is 32.2. The monoisotopic (exact) mass is 697 g/mol. The summed E-state index contributed by atoms with van der Waals surface area (Å²) in [5, 5.41) is 0. The summed E-state index contributed by atoms with van der Waals surface area (Å²) in [6.45, 7) is 17.0. The maximum atomic E-state index is 14.5. The normalized spacial score (nSPS) is 19.0. The molecule has 1 saturated heterocycles. The van der Waals surface area contributed by atoms with E-state index in [2.05, 4.69) is 54.2 Å². The number of nitrogens with zero attached hydrogens (tertiary/aromatic N) is 6. The number of sulfonamides is 1. The van der Waals surface area contributed by atoms with E-state index < -0.39 is 16.1 Å². The first kappa shape index (κ1) is 35.3. The van der Waals surface area contributed by atoms with Crippen molar-refractivity contribution in [2.24, 2.45) is 10.8 Å². The van der Waals surface area contributed by atoms with Gasteiger partial charge in [-0.1, -0.05) is 58.9 Å². The lowest BCUT2D eigenvalue weighted by molar-refractivity contribution is 0.0505. The van der Waals surface area contributed by atoms with Gasteiger partial charge >= 0.3 is 0 Å². The minimum atomic E-state index is -4.17. The molecule has 4 bridgehead atoms. The van der Waals surface area contributed by atoms with Crippen LogP contribution >= 0.6 is 0 Å². The van der Waals surface area contributed by atoms with Crippen LogP contribution in [-0.2, 0) is 16.6 Å². The van der Waals surface area contributed by atoms with Crippen molar-refractivity contribution >= 4 is 27.6 Å². The van der Waals surface area contributed by atoms with Crippen molar-refractivity contribution in [3.63, 3.8) is 0 Å². The molecule has 0 spiro atoms. The third-order valence-electron chi connectivity index (χ3n) is 9.52. The molecule has 11 nitrogen and oxygen atoms in total. The average Bonchev–Trinajstić information content (AvgIpc) is 3.05. The van der Waals surface area contributed by atoms with E-state index in [0.717, 1.165) is 48.3 Å². The fourth-order valence-corrected chi connectivity index (χ4v) is 7.65. The maximum absolute atomic E-state index is 14.5. The lowest BCUT2D eigenvalue weighted by atomic mass is 9.82. The van der Waals surface area contributed by atoms with Gasteiger partial charge in [0.1, 0.15) is 12.4 Å². The highest BCUT2D eigenvalue weighted by Gasteiger charge is 2.32. The molecule has 4 heterocycles. The van der Waals surface area contributed by atoms with Crippen LogP contribution in [0.1, 0.15) is 81.2 Å². The fourth-order valence-electron chi connectivity index (χ4n) is 6.66. The highest BCUT2D eigenvalue weighted by molar-refractivity contribution is 7.92. The fraction of sp³-hybridized carbons (Fsp3) is 0.447. The Balaban J connectivity index is 1.41. The Morgan fingerprint density at radius 3 is 2.28 bits per heavy atom. The van der Waals surface area contributed by atoms with Gasteiger partial charge in [0, 0.05) is 30.3 Å². The van der Waals surface area contributed by atoms with Crippen LogP contribution in [0.2, 0.25) is 0 Å². The summed E-state index contributed by atoms with van der Waals surface area (Å²) in [7, 11) is -4.17. The summed E-state index contributed by atoms with van der Waals surface area (Å²) in [5.41, 5.74) is 4.66. The molecule has 12 heteroatoms. The largest absolute Gasteiger partial charge is 0.475 e. The minimum Gasteiger partial charge on any atom is -0.475 e. The van der Waals surface area contributed by atoms with Crippen LogP contribution in [0.25, 0.3) is 11.3 Å². The van der Waals surface area contributed by atoms with Gasteiger partial charge in [-0.3, -0.25) is 4.79 Å². The summed E-state index contributed by atoms with van der Waals surface area (Å²) < 4.78 is 36.3. The van der Waals surface area contributed by atoms with Crippen molar-refractivity contribution < 1.29 is 17.9 Å². The molecule has 4 aromatic rings. The summed E-state index contributed by atoms with van der Waals surface area (Å²) in [5.74, 6) is 0.206. The first-order chi connectivity index (χ1) is 23.6. The van der Waals surface area contributed by atoms with Crippen LogP contribution in [0.4, 0.5) is 11.6 Å². The zero-order valence-corrected chi connectivity index (χ0v) is 30.8. The summed E-state index contributed by atoms with van der Waals surface area (Å²) in [6, 6.07) is 13.2. The Bertz CT molecular complexity index is 1960. The minimum absolute atomic E-state index is 0.0798. The molecule has 1 amide bonds. The van der Waals surface area contributed by atoms with E-state index >= 15 is 0 Å². The molecule has 6 rings (SSSR count). The van der Waals surface area contributed by atoms with Gasteiger partial charge in [0.15, 0.2) is 0 Å². The quantitative estimate of drug-likeness (QED) is 0.239. The highest BCUT2D eigenvalue weighted by Crippen LogP contribution is 2.33. The van der Waals surface area contributed by atoms with Crippen LogP contribution in [0, 0.1) is 24.7 Å². The van der Waals surface area contributed by atoms with E-state index in [-0.39, 0.29) is 46.8 Å². The number of rotatable bonds is 5.